The molecule has 0 N–H and O–H groups in total. The van der Waals surface area contributed by atoms with Gasteiger partial charge in [0.2, 0.25) is 0 Å². The number of rotatable bonds is 6. The number of ketones is 1. The number of nitrogens with zero attached hydrogens (tertiary/aromatic N) is 1. The lowest BCUT2D eigenvalue weighted by Crippen LogP contribution is -2.48. The van der Waals surface area contributed by atoms with E-state index < -0.39 is 0 Å². The van der Waals surface area contributed by atoms with Crippen LogP contribution in [0.25, 0.3) is 0 Å². The van der Waals surface area contributed by atoms with E-state index in [-0.39, 0.29) is 11.9 Å². The summed E-state index contributed by atoms with van der Waals surface area (Å²) in [5.74, 6) is 0.267. The Balaban J connectivity index is 1.67. The molecule has 0 saturated carbocycles. The van der Waals surface area contributed by atoms with E-state index in [4.69, 9.17) is 9.47 Å². The third-order valence-electron chi connectivity index (χ3n) is 4.16. The Morgan fingerprint density at radius 1 is 1.32 bits per heavy atom. The van der Waals surface area contributed by atoms with Crippen LogP contribution in [0.5, 0.6) is 0 Å². The molecule has 0 bridgehead atoms. The molecule has 110 valence electrons. The number of hydrogen-bond acceptors (Lipinski definition) is 4. The van der Waals surface area contributed by atoms with E-state index in [9.17, 15) is 4.79 Å². The largest absolute Gasteiger partial charge is 0.378 e. The van der Waals surface area contributed by atoms with Gasteiger partial charge in [0.1, 0.15) is 6.10 Å². The molecule has 2 atom stereocenters. The molecule has 2 aliphatic rings. The number of hydrogen-bond donors (Lipinski definition) is 0. The molecule has 2 fully saturated rings. The highest BCUT2D eigenvalue weighted by Gasteiger charge is 2.27. The zero-order valence-corrected chi connectivity index (χ0v) is 12.3. The zero-order chi connectivity index (χ0) is 13.7. The quantitative estimate of drug-likeness (QED) is 0.739. The van der Waals surface area contributed by atoms with Crippen LogP contribution in [-0.2, 0) is 14.3 Å². The van der Waals surface area contributed by atoms with Gasteiger partial charge in [-0.3, -0.25) is 9.69 Å². The molecule has 0 amide bonds. The van der Waals surface area contributed by atoms with Gasteiger partial charge in [0.15, 0.2) is 5.78 Å². The van der Waals surface area contributed by atoms with Gasteiger partial charge >= 0.3 is 0 Å². The van der Waals surface area contributed by atoms with Crippen LogP contribution in [0.15, 0.2) is 0 Å². The van der Waals surface area contributed by atoms with Crippen LogP contribution >= 0.6 is 0 Å². The van der Waals surface area contributed by atoms with Crippen molar-refractivity contribution in [2.75, 3.05) is 26.3 Å². The fraction of sp³-hybridized carbons (Fsp3) is 0.933. The van der Waals surface area contributed by atoms with Crippen LogP contribution in [-0.4, -0.2) is 55.2 Å². The molecule has 0 aromatic carbocycles. The maximum absolute atomic E-state index is 12.1. The summed E-state index contributed by atoms with van der Waals surface area (Å²) in [6.07, 6.45) is 5.12. The Hall–Kier alpha value is -0.450. The summed E-state index contributed by atoms with van der Waals surface area (Å²) < 4.78 is 11.2. The maximum Gasteiger partial charge on any atom is 0.162 e. The summed E-state index contributed by atoms with van der Waals surface area (Å²) in [4.78, 5) is 14.5. The molecular weight excluding hydrogens is 242 g/mol. The molecule has 2 aliphatic heterocycles. The van der Waals surface area contributed by atoms with E-state index in [0.29, 0.717) is 25.2 Å². The zero-order valence-electron chi connectivity index (χ0n) is 12.3. The maximum atomic E-state index is 12.1. The van der Waals surface area contributed by atoms with Crippen LogP contribution in [0.3, 0.4) is 0 Å². The van der Waals surface area contributed by atoms with Gasteiger partial charge < -0.3 is 9.47 Å². The highest BCUT2D eigenvalue weighted by Crippen LogP contribution is 2.19. The highest BCUT2D eigenvalue weighted by atomic mass is 16.5. The fourth-order valence-electron chi connectivity index (χ4n) is 2.87. The van der Waals surface area contributed by atoms with Crippen molar-refractivity contribution >= 4 is 5.78 Å². The van der Waals surface area contributed by atoms with E-state index in [0.717, 1.165) is 39.0 Å². The molecule has 4 heteroatoms. The van der Waals surface area contributed by atoms with Crippen LogP contribution in [0, 0.1) is 0 Å². The van der Waals surface area contributed by atoms with Crippen molar-refractivity contribution in [1.29, 1.82) is 0 Å². The van der Waals surface area contributed by atoms with Gasteiger partial charge in [0.05, 0.1) is 12.7 Å². The Morgan fingerprint density at radius 3 is 2.84 bits per heavy atom. The lowest BCUT2D eigenvalue weighted by Gasteiger charge is -2.34. The molecule has 0 aliphatic carbocycles. The summed E-state index contributed by atoms with van der Waals surface area (Å²) in [6, 6.07) is 0.492. The highest BCUT2D eigenvalue weighted by molar-refractivity contribution is 5.83. The predicted molar refractivity (Wildman–Crippen MR) is 74.3 cm³/mol. The van der Waals surface area contributed by atoms with E-state index in [1.807, 2.05) is 0 Å². The van der Waals surface area contributed by atoms with Crippen LogP contribution in [0.2, 0.25) is 0 Å². The number of morpholine rings is 1. The molecule has 2 heterocycles. The number of Topliss-reactive ketones (excluding diaryl/α,β-unsaturated/α-hetero) is 1. The molecule has 0 aromatic rings. The normalized spacial score (nSPS) is 29.0. The Kier molecular flexibility index (Phi) is 5.79. The van der Waals surface area contributed by atoms with Crippen molar-refractivity contribution in [1.82, 2.24) is 4.90 Å². The fourth-order valence-corrected chi connectivity index (χ4v) is 2.87. The summed E-state index contributed by atoms with van der Waals surface area (Å²) in [5, 5.41) is 0. The van der Waals surface area contributed by atoms with Crippen molar-refractivity contribution in [3.8, 4) is 0 Å². The van der Waals surface area contributed by atoms with Crippen LogP contribution < -0.4 is 0 Å². The van der Waals surface area contributed by atoms with Crippen molar-refractivity contribution in [3.05, 3.63) is 0 Å². The van der Waals surface area contributed by atoms with Gasteiger partial charge in [0, 0.05) is 32.2 Å². The van der Waals surface area contributed by atoms with Gasteiger partial charge in [-0.05, 0) is 39.5 Å². The second-order valence-electron chi connectivity index (χ2n) is 5.94. The van der Waals surface area contributed by atoms with E-state index in [1.54, 1.807) is 0 Å². The van der Waals surface area contributed by atoms with Crippen molar-refractivity contribution in [3.63, 3.8) is 0 Å². The van der Waals surface area contributed by atoms with Crippen molar-refractivity contribution < 1.29 is 14.3 Å². The summed E-state index contributed by atoms with van der Waals surface area (Å²) in [7, 11) is 0. The lowest BCUT2D eigenvalue weighted by atomic mass is 10.0. The molecule has 19 heavy (non-hydrogen) atoms. The Labute approximate surface area is 116 Å². The molecular formula is C15H27NO3. The molecule has 0 spiro atoms. The Morgan fingerprint density at radius 2 is 2.16 bits per heavy atom. The minimum Gasteiger partial charge on any atom is -0.378 e. The molecule has 0 radical (unpaired) electrons. The smallest absolute Gasteiger partial charge is 0.162 e. The monoisotopic (exact) mass is 269 g/mol. The minimum absolute atomic E-state index is 0.208. The number of carbonyl (C=O) groups excluding carboxylic acids is 1. The van der Waals surface area contributed by atoms with Crippen LogP contribution in [0.1, 0.15) is 46.0 Å². The lowest BCUT2D eigenvalue weighted by molar-refractivity contribution is -0.137. The second-order valence-corrected chi connectivity index (χ2v) is 5.94. The summed E-state index contributed by atoms with van der Waals surface area (Å²) in [6.45, 7) is 7.62. The third-order valence-corrected chi connectivity index (χ3v) is 4.16. The van der Waals surface area contributed by atoms with Gasteiger partial charge in [-0.2, -0.15) is 0 Å². The molecule has 4 nitrogen and oxygen atoms in total. The summed E-state index contributed by atoms with van der Waals surface area (Å²) >= 11 is 0. The molecule has 2 saturated heterocycles. The number of carbonyl (C=O) groups is 1. The SMILES string of the molecule is CC(C)N1CCOC(C(=O)CCCC2CCCO2)C1. The third kappa shape index (κ3) is 4.55. The van der Waals surface area contributed by atoms with Gasteiger partial charge in [-0.15, -0.1) is 0 Å². The first-order valence-corrected chi connectivity index (χ1v) is 7.67. The molecule has 2 unspecified atom stereocenters. The average Bonchev–Trinajstić information content (AvgIpc) is 2.92. The van der Waals surface area contributed by atoms with Gasteiger partial charge in [-0.25, -0.2) is 0 Å². The predicted octanol–water partition coefficient (Wildman–Crippen LogP) is 2.01. The van der Waals surface area contributed by atoms with E-state index in [2.05, 4.69) is 18.7 Å². The van der Waals surface area contributed by atoms with E-state index in [1.165, 1.54) is 6.42 Å². The molecule has 0 aromatic heterocycles. The van der Waals surface area contributed by atoms with Gasteiger partial charge in [0.25, 0.3) is 0 Å². The van der Waals surface area contributed by atoms with Crippen LogP contribution in [0.4, 0.5) is 0 Å². The average molecular weight is 269 g/mol. The topological polar surface area (TPSA) is 38.8 Å². The first-order chi connectivity index (χ1) is 9.16. The van der Waals surface area contributed by atoms with E-state index >= 15 is 0 Å². The minimum atomic E-state index is -0.208. The first kappa shape index (κ1) is 14.9. The molecule has 2 rings (SSSR count). The number of ether oxygens (including phenoxy) is 2. The van der Waals surface area contributed by atoms with Gasteiger partial charge in [-0.1, -0.05) is 0 Å². The summed E-state index contributed by atoms with van der Waals surface area (Å²) in [5.41, 5.74) is 0. The first-order valence-electron chi connectivity index (χ1n) is 7.67. The standard InChI is InChI=1S/C15H27NO3/c1-12(2)16-8-10-19-15(11-16)14(17)7-3-5-13-6-4-9-18-13/h12-13,15H,3-11H2,1-2H3. The second kappa shape index (κ2) is 7.36. The van der Waals surface area contributed by atoms with Crippen molar-refractivity contribution in [2.24, 2.45) is 0 Å². The Bertz CT molecular complexity index is 287. The van der Waals surface area contributed by atoms with Crippen molar-refractivity contribution in [2.45, 2.75) is 64.2 Å².